The third-order valence-corrected chi connectivity index (χ3v) is 8.78. The van der Waals surface area contributed by atoms with Gasteiger partial charge in [0.15, 0.2) is 6.54 Å². The van der Waals surface area contributed by atoms with E-state index in [0.29, 0.717) is 0 Å². The van der Waals surface area contributed by atoms with Gasteiger partial charge in [-0.2, -0.15) is 0 Å². The SMILES string of the molecule is C=Cc1ccc(C[NH+]=C2C=C/C(=C(/c3ccc(N(CC)CC)cc3)c3ccc(N(CC)CC)cc3C)c3ccccc32)cc1. The quantitative estimate of drug-likeness (QED) is 0.194. The molecule has 4 aromatic carbocycles. The number of nitrogens with zero attached hydrogens (tertiary/aromatic N) is 2. The summed E-state index contributed by atoms with van der Waals surface area (Å²) < 4.78 is 0. The van der Waals surface area contributed by atoms with E-state index in [1.54, 1.807) is 0 Å². The molecule has 0 atom stereocenters. The van der Waals surface area contributed by atoms with Crippen LogP contribution in [0.5, 0.6) is 0 Å². The van der Waals surface area contributed by atoms with Crippen molar-refractivity contribution in [3.63, 3.8) is 0 Å². The molecule has 0 amide bonds. The van der Waals surface area contributed by atoms with Gasteiger partial charge in [0.05, 0.1) is 5.56 Å². The molecule has 1 aliphatic carbocycles. The van der Waals surface area contributed by atoms with Crippen LogP contribution in [0, 0.1) is 6.92 Å². The molecule has 0 aliphatic heterocycles. The van der Waals surface area contributed by atoms with Gasteiger partial charge in [-0.05, 0) is 110 Å². The molecule has 0 saturated carbocycles. The van der Waals surface area contributed by atoms with E-state index in [9.17, 15) is 0 Å². The molecule has 3 nitrogen and oxygen atoms in total. The van der Waals surface area contributed by atoms with E-state index in [0.717, 1.165) is 44.0 Å². The van der Waals surface area contributed by atoms with Crippen molar-refractivity contribution in [2.24, 2.45) is 0 Å². The number of hydrogen-bond donors (Lipinski definition) is 1. The highest BCUT2D eigenvalue weighted by Gasteiger charge is 2.23. The average molecular weight is 581 g/mol. The molecule has 1 N–H and O–H groups in total. The first-order chi connectivity index (χ1) is 21.5. The van der Waals surface area contributed by atoms with Crippen LogP contribution in [0.1, 0.15) is 66.6 Å². The standard InChI is InChI=1S/C41H45N3/c1-7-31-16-18-32(19-17-31)29-42-40-27-26-39(37-14-12-13-15-38(37)40)41(33-20-22-34(23-21-33)43(8-2)9-3)36-25-24-35(28-30(36)6)44(10-4)11-5/h7,12-28H,1,8-11,29H2,2-6H3/p+1/b41-39+,42-40?. The second kappa shape index (κ2) is 14.2. The van der Waals surface area contributed by atoms with Gasteiger partial charge in [-0.3, -0.25) is 0 Å². The van der Waals surface area contributed by atoms with Gasteiger partial charge in [-0.1, -0.05) is 73.3 Å². The van der Waals surface area contributed by atoms with Crippen molar-refractivity contribution in [2.75, 3.05) is 36.0 Å². The zero-order valence-electron chi connectivity index (χ0n) is 27.0. The summed E-state index contributed by atoms with van der Waals surface area (Å²) in [5.74, 6) is 0. The predicted octanol–water partition coefficient (Wildman–Crippen LogP) is 7.93. The first-order valence-corrected chi connectivity index (χ1v) is 16.1. The smallest absolute Gasteiger partial charge is 0.206 e. The first-order valence-electron chi connectivity index (χ1n) is 16.1. The van der Waals surface area contributed by atoms with Gasteiger partial charge in [-0.15, -0.1) is 0 Å². The Labute approximate surface area is 264 Å². The number of aryl methyl sites for hydroxylation is 1. The topological polar surface area (TPSA) is 20.5 Å². The minimum atomic E-state index is 0.760. The van der Waals surface area contributed by atoms with Crippen molar-refractivity contribution in [1.82, 2.24) is 0 Å². The fourth-order valence-corrected chi connectivity index (χ4v) is 6.24. The van der Waals surface area contributed by atoms with Crippen LogP contribution in [0.25, 0.3) is 17.2 Å². The Morgan fingerprint density at radius 1 is 0.705 bits per heavy atom. The van der Waals surface area contributed by atoms with Gasteiger partial charge >= 0.3 is 0 Å². The number of benzene rings is 4. The molecule has 0 heterocycles. The number of fused-ring (bicyclic) bond motifs is 1. The van der Waals surface area contributed by atoms with Gasteiger partial charge in [0, 0.05) is 49.2 Å². The minimum Gasteiger partial charge on any atom is -0.372 e. The third kappa shape index (κ3) is 6.48. The van der Waals surface area contributed by atoms with Gasteiger partial charge in [0.1, 0.15) is 0 Å². The molecule has 5 rings (SSSR count). The van der Waals surface area contributed by atoms with Crippen LogP contribution < -0.4 is 14.8 Å². The first kappa shape index (κ1) is 30.8. The predicted molar refractivity (Wildman–Crippen MR) is 192 cm³/mol. The van der Waals surface area contributed by atoms with E-state index in [-0.39, 0.29) is 0 Å². The van der Waals surface area contributed by atoms with E-state index in [1.165, 1.54) is 55.9 Å². The molecule has 44 heavy (non-hydrogen) atoms. The van der Waals surface area contributed by atoms with Gasteiger partial charge in [0.25, 0.3) is 0 Å². The normalized spacial score (nSPS) is 14.3. The second-order valence-electron chi connectivity index (χ2n) is 11.3. The largest absolute Gasteiger partial charge is 0.372 e. The summed E-state index contributed by atoms with van der Waals surface area (Å²) in [7, 11) is 0. The van der Waals surface area contributed by atoms with Crippen LogP contribution in [0.2, 0.25) is 0 Å². The van der Waals surface area contributed by atoms with E-state index in [1.807, 2.05) is 6.08 Å². The molecule has 0 unspecified atom stereocenters. The molecule has 0 fully saturated rings. The molecule has 0 bridgehead atoms. The lowest BCUT2D eigenvalue weighted by molar-refractivity contribution is -0.473. The molecule has 3 heteroatoms. The Morgan fingerprint density at radius 3 is 1.93 bits per heavy atom. The molecule has 224 valence electrons. The fraction of sp³-hybridized carbons (Fsp3) is 0.244. The van der Waals surface area contributed by atoms with E-state index in [4.69, 9.17) is 0 Å². The summed E-state index contributed by atoms with van der Waals surface area (Å²) >= 11 is 0. The minimum absolute atomic E-state index is 0.760. The Balaban J connectivity index is 1.65. The number of rotatable bonds is 11. The Kier molecular flexibility index (Phi) is 9.96. The molecule has 0 spiro atoms. The molecule has 1 aliphatic rings. The van der Waals surface area contributed by atoms with Gasteiger partial charge < -0.3 is 9.80 Å². The van der Waals surface area contributed by atoms with Crippen LogP contribution in [-0.2, 0) is 6.54 Å². The monoisotopic (exact) mass is 580 g/mol. The second-order valence-corrected chi connectivity index (χ2v) is 11.3. The third-order valence-electron chi connectivity index (χ3n) is 8.78. The number of anilines is 2. The van der Waals surface area contributed by atoms with Crippen LogP contribution in [0.4, 0.5) is 11.4 Å². The Bertz CT molecular complexity index is 1680. The molecule has 4 aromatic rings. The van der Waals surface area contributed by atoms with Crippen molar-refractivity contribution < 1.29 is 4.99 Å². The number of nitrogens with one attached hydrogen (secondary N) is 1. The van der Waals surface area contributed by atoms with E-state index in [2.05, 4.69) is 159 Å². The maximum absolute atomic E-state index is 3.88. The van der Waals surface area contributed by atoms with Crippen LogP contribution >= 0.6 is 0 Å². The van der Waals surface area contributed by atoms with Crippen molar-refractivity contribution in [3.05, 3.63) is 149 Å². The molecular formula is C41H46N3+. The highest BCUT2D eigenvalue weighted by atomic mass is 15.1. The van der Waals surface area contributed by atoms with Crippen LogP contribution in [-0.4, -0.2) is 31.9 Å². The molecular weight excluding hydrogens is 534 g/mol. The zero-order chi connectivity index (χ0) is 31.1. The molecule has 0 saturated heterocycles. The number of hydrogen-bond acceptors (Lipinski definition) is 2. The Morgan fingerprint density at radius 2 is 1.32 bits per heavy atom. The van der Waals surface area contributed by atoms with Crippen LogP contribution in [0.15, 0.2) is 110 Å². The Hall–Kier alpha value is -4.63. The maximum atomic E-state index is 3.88. The summed E-state index contributed by atoms with van der Waals surface area (Å²) in [4.78, 5) is 8.53. The summed E-state index contributed by atoms with van der Waals surface area (Å²) in [6, 6.07) is 33.5. The number of allylic oxidation sites excluding steroid dienone is 3. The summed E-state index contributed by atoms with van der Waals surface area (Å²) in [6.45, 7) is 19.8. The van der Waals surface area contributed by atoms with E-state index < -0.39 is 0 Å². The molecule has 0 radical (unpaired) electrons. The lowest BCUT2D eigenvalue weighted by atomic mass is 9.82. The van der Waals surface area contributed by atoms with Crippen molar-refractivity contribution in [2.45, 2.75) is 41.2 Å². The summed E-state index contributed by atoms with van der Waals surface area (Å²) in [5, 5.41) is 0. The summed E-state index contributed by atoms with van der Waals surface area (Å²) in [6.07, 6.45) is 6.43. The average Bonchev–Trinajstić information content (AvgIpc) is 3.07. The zero-order valence-corrected chi connectivity index (χ0v) is 27.0. The van der Waals surface area contributed by atoms with Gasteiger partial charge in [-0.25, -0.2) is 4.99 Å². The fourth-order valence-electron chi connectivity index (χ4n) is 6.24. The van der Waals surface area contributed by atoms with Gasteiger partial charge in [0.2, 0.25) is 5.71 Å². The van der Waals surface area contributed by atoms with E-state index >= 15 is 0 Å². The lowest BCUT2D eigenvalue weighted by Gasteiger charge is -2.25. The van der Waals surface area contributed by atoms with Crippen molar-refractivity contribution in [3.8, 4) is 0 Å². The maximum Gasteiger partial charge on any atom is 0.206 e. The summed E-state index contributed by atoms with van der Waals surface area (Å²) in [5.41, 5.74) is 14.8. The lowest BCUT2D eigenvalue weighted by Crippen LogP contribution is -2.71. The molecule has 0 aromatic heterocycles. The van der Waals surface area contributed by atoms with Crippen molar-refractivity contribution in [1.29, 1.82) is 0 Å². The highest BCUT2D eigenvalue weighted by molar-refractivity contribution is 6.17. The van der Waals surface area contributed by atoms with Crippen molar-refractivity contribution >= 4 is 34.3 Å². The highest BCUT2D eigenvalue weighted by Crippen LogP contribution is 2.39. The van der Waals surface area contributed by atoms with Crippen LogP contribution in [0.3, 0.4) is 0 Å².